The van der Waals surface area contributed by atoms with E-state index in [2.05, 4.69) is 0 Å². The topological polar surface area (TPSA) is 46.2 Å². The van der Waals surface area contributed by atoms with Crippen molar-refractivity contribution < 1.29 is 20.6 Å². The molecule has 1 rings (SSSR count). The highest BCUT2D eigenvalue weighted by Crippen LogP contribution is 1.83. The van der Waals surface area contributed by atoms with E-state index in [0.29, 0.717) is 19.5 Å². The van der Waals surface area contributed by atoms with Crippen LogP contribution in [0.4, 0.5) is 0 Å². The summed E-state index contributed by atoms with van der Waals surface area (Å²) in [7, 11) is 1.07. The number of hydrogen-bond acceptors (Lipinski definition) is 5. The van der Waals surface area contributed by atoms with E-state index >= 15 is 0 Å². The Labute approximate surface area is 86.0 Å². The van der Waals surface area contributed by atoms with Crippen molar-refractivity contribution in [3.05, 3.63) is 0 Å². The maximum absolute atomic E-state index is 5.16. The molecular weight excluding hydrogens is 261 g/mol. The van der Waals surface area contributed by atoms with Crippen molar-refractivity contribution in [3.63, 3.8) is 0 Å². The van der Waals surface area contributed by atoms with Crippen LogP contribution in [0.25, 0.3) is 0 Å². The fraction of sp³-hybridized carbons (Fsp3) is 1.00. The minimum Gasteiger partial charge on any atom is -0.435 e. The maximum atomic E-state index is 5.16. The van der Waals surface area contributed by atoms with Crippen LogP contribution in [0.15, 0.2) is 0 Å². The van der Waals surface area contributed by atoms with E-state index in [1.165, 1.54) is 0 Å². The first kappa shape index (κ1) is 11.2. The smallest absolute Gasteiger partial charge is 0.412 e. The average Bonchev–Trinajstić information content (AvgIpc) is 2.05. The summed E-state index contributed by atoms with van der Waals surface area (Å²) in [6, 6.07) is 0. The minimum atomic E-state index is 0.00772. The van der Waals surface area contributed by atoms with Crippen LogP contribution >= 0.6 is 0 Å². The highest BCUT2D eigenvalue weighted by molar-refractivity contribution is 6.57. The molecule has 0 unspecified atom stereocenters. The van der Waals surface area contributed by atoms with Crippen molar-refractivity contribution in [2.75, 3.05) is 0 Å². The Morgan fingerprint density at radius 2 is 1.00 bits per heavy atom. The molecule has 11 heteroatoms. The lowest BCUT2D eigenvalue weighted by Gasteiger charge is -2.04. The molecule has 1 heterocycles. The summed E-state index contributed by atoms with van der Waals surface area (Å²) in [6.45, 7) is 0. The van der Waals surface area contributed by atoms with E-state index < -0.39 is 0 Å². The van der Waals surface area contributed by atoms with Gasteiger partial charge in [0.25, 0.3) is 0 Å². The Balaban J connectivity index is 2.00. The molecule has 0 aromatic heterocycles. The molecular formula is CH2O5Si6. The Hall–Kier alpha value is 1.10. The van der Waals surface area contributed by atoms with Crippen LogP contribution < -0.4 is 0 Å². The standard InChI is InChI=1S/CH2O5Si6/c1-7-2-9-4-11-6-12-5-10-3-8-1/h1H2. The maximum Gasteiger partial charge on any atom is 0.412 e. The van der Waals surface area contributed by atoms with Crippen molar-refractivity contribution in [2.45, 2.75) is 5.67 Å². The third kappa shape index (κ3) is 6.60. The molecule has 1 aliphatic rings. The van der Waals surface area contributed by atoms with Gasteiger partial charge in [0, 0.05) is 0 Å². The van der Waals surface area contributed by atoms with Crippen molar-refractivity contribution in [2.24, 2.45) is 0 Å². The van der Waals surface area contributed by atoms with E-state index in [1.807, 2.05) is 0 Å². The normalized spacial score (nSPS) is 24.0. The molecule has 0 aromatic rings. The summed E-state index contributed by atoms with van der Waals surface area (Å²) >= 11 is 0. The van der Waals surface area contributed by atoms with E-state index in [9.17, 15) is 0 Å². The first-order valence-electron chi connectivity index (χ1n) is 2.75. The summed E-state index contributed by atoms with van der Waals surface area (Å²) < 4.78 is 25.3. The van der Waals surface area contributed by atoms with Gasteiger partial charge in [0.05, 0.1) is 0 Å². The molecule has 12 radical (unpaired) electrons. The summed E-state index contributed by atoms with van der Waals surface area (Å²) in [5.41, 5.74) is 0.930. The van der Waals surface area contributed by atoms with Crippen LogP contribution in [0, 0.1) is 0 Å². The summed E-state index contributed by atoms with van der Waals surface area (Å²) in [5.74, 6) is 0. The van der Waals surface area contributed by atoms with Crippen molar-refractivity contribution in [3.8, 4) is 0 Å². The lowest BCUT2D eigenvalue weighted by molar-refractivity contribution is 0.386. The van der Waals surface area contributed by atoms with Gasteiger partial charge in [-0.3, -0.25) is 0 Å². The summed E-state index contributed by atoms with van der Waals surface area (Å²) in [6.07, 6.45) is 0. The second kappa shape index (κ2) is 8.69. The lowest BCUT2D eigenvalue weighted by Crippen LogP contribution is -2.21. The fourth-order valence-electron chi connectivity index (χ4n) is 0.295. The van der Waals surface area contributed by atoms with Gasteiger partial charge in [-0.15, -0.1) is 0 Å². The summed E-state index contributed by atoms with van der Waals surface area (Å²) in [4.78, 5) is 0. The van der Waals surface area contributed by atoms with E-state index in [4.69, 9.17) is 20.6 Å². The average molecular weight is 263 g/mol. The van der Waals surface area contributed by atoms with E-state index in [0.717, 1.165) is 5.67 Å². The van der Waals surface area contributed by atoms with Gasteiger partial charge in [-0.2, -0.15) is 0 Å². The van der Waals surface area contributed by atoms with Gasteiger partial charge >= 0.3 is 40.0 Å². The molecule has 1 saturated heterocycles. The molecule has 5 nitrogen and oxygen atoms in total. The molecule has 0 N–H and O–H groups in total. The Bertz CT molecular complexity index is 58.9. The zero-order chi connectivity index (χ0) is 8.49. The van der Waals surface area contributed by atoms with Crippen LogP contribution in [0.1, 0.15) is 0 Å². The van der Waals surface area contributed by atoms with Gasteiger partial charge in [0.1, 0.15) is 0 Å². The summed E-state index contributed by atoms with van der Waals surface area (Å²) in [5, 5.41) is 0. The van der Waals surface area contributed by atoms with Crippen LogP contribution in [0.2, 0.25) is 5.67 Å². The van der Waals surface area contributed by atoms with Crippen LogP contribution in [0.5, 0.6) is 0 Å². The fourth-order valence-corrected chi connectivity index (χ4v) is 5.45. The SMILES string of the molecule is C1[Si]O[Si]O[Si]O[Si]O[Si]O[Si]1. The van der Waals surface area contributed by atoms with Crippen LogP contribution in [-0.2, 0) is 20.6 Å². The van der Waals surface area contributed by atoms with Gasteiger partial charge in [-0.1, -0.05) is 0 Å². The second-order valence-electron chi connectivity index (χ2n) is 1.31. The van der Waals surface area contributed by atoms with Crippen molar-refractivity contribution >= 4 is 59.6 Å². The predicted octanol–water partition coefficient (Wildman–Crippen LogP) is -2.17. The largest absolute Gasteiger partial charge is 0.435 e. The van der Waals surface area contributed by atoms with Gasteiger partial charge < -0.3 is 20.6 Å². The molecule has 12 heavy (non-hydrogen) atoms. The molecule has 0 aliphatic carbocycles. The van der Waals surface area contributed by atoms with Gasteiger partial charge in [0.15, 0.2) is 0 Å². The quantitative estimate of drug-likeness (QED) is 0.465. The molecule has 0 atom stereocenters. The molecule has 60 valence electrons. The monoisotopic (exact) mass is 262 g/mol. The molecule has 1 fully saturated rings. The Morgan fingerprint density at radius 3 is 1.50 bits per heavy atom. The third-order valence-electron chi connectivity index (χ3n) is 0.622. The van der Waals surface area contributed by atoms with E-state index in [-0.39, 0.29) is 40.0 Å². The predicted molar refractivity (Wildman–Crippen MR) is 44.8 cm³/mol. The minimum absolute atomic E-state index is 0.00772. The zero-order valence-corrected chi connectivity index (χ0v) is 11.7. The zero-order valence-electron chi connectivity index (χ0n) is 5.75. The van der Waals surface area contributed by atoms with E-state index in [1.54, 1.807) is 0 Å². The molecule has 0 spiro atoms. The van der Waals surface area contributed by atoms with Crippen LogP contribution in [-0.4, -0.2) is 59.6 Å². The van der Waals surface area contributed by atoms with Gasteiger partial charge in [-0.25, -0.2) is 0 Å². The first-order valence-corrected chi connectivity index (χ1v) is 8.25. The molecule has 0 bridgehead atoms. The highest BCUT2D eigenvalue weighted by Gasteiger charge is 2.04. The molecule has 0 aromatic carbocycles. The first-order chi connectivity index (χ1) is 6.00. The van der Waals surface area contributed by atoms with Gasteiger partial charge in [-0.05, 0) is 5.67 Å². The Kier molecular flexibility index (Phi) is 8.09. The third-order valence-corrected chi connectivity index (χ3v) is 5.60. The van der Waals surface area contributed by atoms with Crippen LogP contribution in [0.3, 0.4) is 0 Å². The van der Waals surface area contributed by atoms with Gasteiger partial charge in [0.2, 0.25) is 19.5 Å². The van der Waals surface area contributed by atoms with Crippen molar-refractivity contribution in [1.29, 1.82) is 0 Å². The number of hydrogen-bond donors (Lipinski definition) is 0. The highest BCUT2D eigenvalue weighted by atomic mass is 28.4. The second-order valence-corrected chi connectivity index (χ2v) is 8.05. The molecule has 0 amide bonds. The lowest BCUT2D eigenvalue weighted by atomic mass is 11.9. The molecule has 0 saturated carbocycles. The van der Waals surface area contributed by atoms with Crippen molar-refractivity contribution in [1.82, 2.24) is 0 Å². The number of rotatable bonds is 0. The Morgan fingerprint density at radius 1 is 0.583 bits per heavy atom. The molecule has 1 aliphatic heterocycles.